The van der Waals surface area contributed by atoms with Crippen LogP contribution in [0.5, 0.6) is 0 Å². The van der Waals surface area contributed by atoms with Gasteiger partial charge in [-0.15, -0.1) is 11.3 Å². The zero-order chi connectivity index (χ0) is 16.2. The lowest BCUT2D eigenvalue weighted by Crippen LogP contribution is -2.25. The molecule has 0 bridgehead atoms. The highest BCUT2D eigenvalue weighted by molar-refractivity contribution is 7.12. The molecule has 0 saturated heterocycles. The molecule has 0 spiro atoms. The largest absolute Gasteiger partial charge is 0.337 e. The molecule has 0 radical (unpaired) electrons. The normalized spacial score (nSPS) is 10.5. The Balaban J connectivity index is 1.71. The summed E-state index contributed by atoms with van der Waals surface area (Å²) in [5.74, 6) is 0.0876. The van der Waals surface area contributed by atoms with E-state index in [1.807, 2.05) is 43.6 Å². The first kappa shape index (κ1) is 15.5. The smallest absolute Gasteiger partial charge is 0.264 e. The fourth-order valence-corrected chi connectivity index (χ4v) is 3.46. The molecule has 0 aliphatic carbocycles. The lowest BCUT2D eigenvalue weighted by atomic mass is 10.0. The molecule has 23 heavy (non-hydrogen) atoms. The van der Waals surface area contributed by atoms with Crippen LogP contribution in [0.2, 0.25) is 0 Å². The Labute approximate surface area is 141 Å². The molecule has 2 aromatic carbocycles. The van der Waals surface area contributed by atoms with E-state index in [4.69, 9.17) is 0 Å². The SMILES string of the molecule is Cc1ccsc1C(=O)N(C)Cc1ccc(-c2ccccc2)cc1. The van der Waals surface area contributed by atoms with Crippen LogP contribution in [0, 0.1) is 6.92 Å². The third kappa shape index (κ3) is 3.51. The summed E-state index contributed by atoms with van der Waals surface area (Å²) in [7, 11) is 1.85. The molecule has 3 aromatic rings. The summed E-state index contributed by atoms with van der Waals surface area (Å²) in [6.45, 7) is 2.59. The predicted molar refractivity (Wildman–Crippen MR) is 96.7 cm³/mol. The van der Waals surface area contributed by atoms with Crippen LogP contribution in [0.15, 0.2) is 66.0 Å². The highest BCUT2D eigenvalue weighted by atomic mass is 32.1. The van der Waals surface area contributed by atoms with Crippen molar-refractivity contribution < 1.29 is 4.79 Å². The lowest BCUT2D eigenvalue weighted by molar-refractivity contribution is 0.0789. The van der Waals surface area contributed by atoms with Crippen LogP contribution in [0.25, 0.3) is 11.1 Å². The van der Waals surface area contributed by atoms with Gasteiger partial charge in [-0.25, -0.2) is 0 Å². The van der Waals surface area contributed by atoms with Crippen LogP contribution < -0.4 is 0 Å². The summed E-state index contributed by atoms with van der Waals surface area (Å²) >= 11 is 1.51. The van der Waals surface area contributed by atoms with E-state index in [1.165, 1.54) is 22.5 Å². The van der Waals surface area contributed by atoms with E-state index < -0.39 is 0 Å². The van der Waals surface area contributed by atoms with Gasteiger partial charge in [0.2, 0.25) is 0 Å². The minimum absolute atomic E-state index is 0.0876. The fourth-order valence-electron chi connectivity index (χ4n) is 2.54. The molecule has 3 rings (SSSR count). The second-order valence-corrected chi connectivity index (χ2v) is 6.57. The minimum atomic E-state index is 0.0876. The summed E-state index contributed by atoms with van der Waals surface area (Å²) in [6.07, 6.45) is 0. The summed E-state index contributed by atoms with van der Waals surface area (Å²) in [5.41, 5.74) is 4.58. The summed E-state index contributed by atoms with van der Waals surface area (Å²) in [4.78, 5) is 15.1. The molecule has 0 unspecified atom stereocenters. The molecular weight excluding hydrogens is 302 g/mol. The van der Waals surface area contributed by atoms with E-state index in [2.05, 4.69) is 36.4 Å². The van der Waals surface area contributed by atoms with Gasteiger partial charge in [0.1, 0.15) is 0 Å². The van der Waals surface area contributed by atoms with Crippen LogP contribution >= 0.6 is 11.3 Å². The van der Waals surface area contributed by atoms with Crippen LogP contribution in [0.1, 0.15) is 20.8 Å². The number of thiophene rings is 1. The van der Waals surface area contributed by atoms with E-state index in [-0.39, 0.29) is 5.91 Å². The number of rotatable bonds is 4. The average molecular weight is 321 g/mol. The molecule has 0 atom stereocenters. The number of benzene rings is 2. The number of hydrogen-bond acceptors (Lipinski definition) is 2. The number of amides is 1. The Bertz CT molecular complexity index is 790. The monoisotopic (exact) mass is 321 g/mol. The van der Waals surface area contributed by atoms with E-state index in [1.54, 1.807) is 4.90 Å². The molecule has 3 heteroatoms. The minimum Gasteiger partial charge on any atom is -0.337 e. The number of carbonyl (C=O) groups is 1. The zero-order valence-electron chi connectivity index (χ0n) is 13.3. The molecule has 1 amide bonds. The molecular formula is C20H19NOS. The summed E-state index contributed by atoms with van der Waals surface area (Å²) in [6, 6.07) is 20.7. The van der Waals surface area contributed by atoms with Gasteiger partial charge in [0.15, 0.2) is 0 Å². The maximum Gasteiger partial charge on any atom is 0.264 e. The second-order valence-electron chi connectivity index (χ2n) is 5.66. The number of hydrogen-bond donors (Lipinski definition) is 0. The van der Waals surface area contributed by atoms with Gasteiger partial charge in [0.25, 0.3) is 5.91 Å². The molecule has 0 N–H and O–H groups in total. The van der Waals surface area contributed by atoms with Crippen molar-refractivity contribution in [1.82, 2.24) is 4.90 Å². The Morgan fingerprint density at radius 3 is 2.22 bits per heavy atom. The van der Waals surface area contributed by atoms with Crippen LogP contribution in [-0.4, -0.2) is 17.9 Å². The van der Waals surface area contributed by atoms with E-state index >= 15 is 0 Å². The average Bonchev–Trinajstić information content (AvgIpc) is 3.01. The summed E-state index contributed by atoms with van der Waals surface area (Å²) < 4.78 is 0. The van der Waals surface area contributed by atoms with Gasteiger partial charge in [0.05, 0.1) is 4.88 Å². The van der Waals surface area contributed by atoms with Gasteiger partial charge in [-0.3, -0.25) is 4.79 Å². The van der Waals surface area contributed by atoms with Crippen molar-refractivity contribution in [2.24, 2.45) is 0 Å². The highest BCUT2D eigenvalue weighted by Crippen LogP contribution is 2.21. The van der Waals surface area contributed by atoms with Crippen molar-refractivity contribution in [2.45, 2.75) is 13.5 Å². The van der Waals surface area contributed by atoms with Crippen molar-refractivity contribution >= 4 is 17.2 Å². The predicted octanol–water partition coefficient (Wildman–Crippen LogP) is 5.00. The number of carbonyl (C=O) groups excluding carboxylic acids is 1. The Morgan fingerprint density at radius 2 is 1.61 bits per heavy atom. The first-order valence-electron chi connectivity index (χ1n) is 7.59. The van der Waals surface area contributed by atoms with Gasteiger partial charge < -0.3 is 4.90 Å². The van der Waals surface area contributed by atoms with Crippen molar-refractivity contribution in [1.29, 1.82) is 0 Å². The van der Waals surface area contributed by atoms with Gasteiger partial charge in [0, 0.05) is 13.6 Å². The number of aryl methyl sites for hydroxylation is 1. The molecule has 116 valence electrons. The van der Waals surface area contributed by atoms with Crippen molar-refractivity contribution in [3.05, 3.63) is 82.0 Å². The molecule has 0 saturated carbocycles. The van der Waals surface area contributed by atoms with Crippen molar-refractivity contribution in [3.63, 3.8) is 0 Å². The maximum atomic E-state index is 12.5. The molecule has 2 nitrogen and oxygen atoms in total. The topological polar surface area (TPSA) is 20.3 Å². The Kier molecular flexibility index (Phi) is 4.58. The Morgan fingerprint density at radius 1 is 0.957 bits per heavy atom. The molecule has 0 aliphatic rings. The van der Waals surface area contributed by atoms with Crippen LogP contribution in [0.3, 0.4) is 0 Å². The van der Waals surface area contributed by atoms with E-state index in [0.29, 0.717) is 6.54 Å². The Hall–Kier alpha value is -2.39. The maximum absolute atomic E-state index is 12.5. The van der Waals surface area contributed by atoms with Gasteiger partial charge in [-0.05, 0) is 40.6 Å². The fraction of sp³-hybridized carbons (Fsp3) is 0.150. The van der Waals surface area contributed by atoms with E-state index in [9.17, 15) is 4.79 Å². The number of nitrogens with zero attached hydrogens (tertiary/aromatic N) is 1. The van der Waals surface area contributed by atoms with E-state index in [0.717, 1.165) is 16.0 Å². The van der Waals surface area contributed by atoms with Crippen molar-refractivity contribution in [2.75, 3.05) is 7.05 Å². The first-order chi connectivity index (χ1) is 11.1. The molecule has 0 aliphatic heterocycles. The third-order valence-electron chi connectivity index (χ3n) is 3.88. The van der Waals surface area contributed by atoms with Gasteiger partial charge >= 0.3 is 0 Å². The standard InChI is InChI=1S/C20H19NOS/c1-15-12-13-23-19(15)20(22)21(2)14-16-8-10-18(11-9-16)17-6-4-3-5-7-17/h3-13H,14H2,1-2H3. The van der Waals surface area contributed by atoms with Gasteiger partial charge in [-0.1, -0.05) is 54.6 Å². The third-order valence-corrected chi connectivity index (χ3v) is 4.89. The molecule has 1 heterocycles. The molecule has 1 aromatic heterocycles. The molecule has 0 fully saturated rings. The zero-order valence-corrected chi connectivity index (χ0v) is 14.1. The van der Waals surface area contributed by atoms with Crippen LogP contribution in [0.4, 0.5) is 0 Å². The van der Waals surface area contributed by atoms with Crippen LogP contribution in [-0.2, 0) is 6.54 Å². The highest BCUT2D eigenvalue weighted by Gasteiger charge is 2.15. The van der Waals surface area contributed by atoms with Gasteiger partial charge in [-0.2, -0.15) is 0 Å². The quantitative estimate of drug-likeness (QED) is 0.662. The summed E-state index contributed by atoms with van der Waals surface area (Å²) in [5, 5.41) is 1.96. The first-order valence-corrected chi connectivity index (χ1v) is 8.47. The van der Waals surface area contributed by atoms with Crippen molar-refractivity contribution in [3.8, 4) is 11.1 Å². The second kappa shape index (κ2) is 6.80. The lowest BCUT2D eigenvalue weighted by Gasteiger charge is -2.17.